The lowest BCUT2D eigenvalue weighted by Crippen LogP contribution is -2.47. The van der Waals surface area contributed by atoms with Gasteiger partial charge in [-0.25, -0.2) is 18.5 Å². The number of primary sulfonamides is 1. The average molecular weight is 334 g/mol. The van der Waals surface area contributed by atoms with Gasteiger partial charge in [0, 0.05) is 33.2 Å². The number of nitrogens with zero attached hydrogens (tertiary/aromatic N) is 3. The van der Waals surface area contributed by atoms with E-state index in [1.165, 1.54) is 6.20 Å². The van der Waals surface area contributed by atoms with E-state index >= 15 is 0 Å². The van der Waals surface area contributed by atoms with Gasteiger partial charge in [-0.1, -0.05) is 11.3 Å². The molecular weight excluding hydrogens is 312 g/mol. The molecule has 0 aromatic carbocycles. The standard InChI is InChI=1S/C12H22N4O3S2/c1-9-7-16(8-10(2)19-9)5-4-15(3)12-14-6-11(20-12)21(13,17)18/h6,9-10H,4-5,7-8H2,1-3H3,(H2,13,17,18)/t9-,10+. The third kappa shape index (κ3) is 4.62. The molecule has 120 valence electrons. The van der Waals surface area contributed by atoms with Crippen molar-refractivity contribution in [1.82, 2.24) is 9.88 Å². The Labute approximate surface area is 129 Å². The van der Waals surface area contributed by atoms with Gasteiger partial charge >= 0.3 is 0 Å². The number of likely N-dealkylation sites (N-methyl/N-ethyl adjacent to an activating group) is 1. The van der Waals surface area contributed by atoms with Gasteiger partial charge in [-0.2, -0.15) is 0 Å². The third-order valence-electron chi connectivity index (χ3n) is 3.33. The number of ether oxygens (including phenoxy) is 1. The maximum absolute atomic E-state index is 11.3. The summed E-state index contributed by atoms with van der Waals surface area (Å²) in [5, 5.41) is 5.75. The highest BCUT2D eigenvalue weighted by Gasteiger charge is 2.22. The van der Waals surface area contributed by atoms with Crippen LogP contribution in [0.25, 0.3) is 0 Å². The molecule has 1 aromatic rings. The minimum Gasteiger partial charge on any atom is -0.373 e. The zero-order valence-electron chi connectivity index (χ0n) is 12.5. The molecular formula is C12H22N4O3S2. The highest BCUT2D eigenvalue weighted by Crippen LogP contribution is 2.24. The van der Waals surface area contributed by atoms with Crippen molar-refractivity contribution >= 4 is 26.5 Å². The molecule has 2 atom stereocenters. The van der Waals surface area contributed by atoms with Crippen molar-refractivity contribution in [2.75, 3.05) is 38.1 Å². The van der Waals surface area contributed by atoms with Crippen LogP contribution in [0.2, 0.25) is 0 Å². The van der Waals surface area contributed by atoms with Crippen molar-refractivity contribution in [3.63, 3.8) is 0 Å². The van der Waals surface area contributed by atoms with Crippen molar-refractivity contribution in [3.05, 3.63) is 6.20 Å². The molecule has 2 heterocycles. The summed E-state index contributed by atoms with van der Waals surface area (Å²) in [4.78, 5) is 8.42. The molecule has 0 radical (unpaired) electrons. The fourth-order valence-corrected chi connectivity index (χ4v) is 3.94. The SMILES string of the molecule is C[C@@H]1CN(CCN(C)c2ncc(S(N)(=O)=O)s2)C[C@H](C)O1. The fourth-order valence-electron chi connectivity index (χ4n) is 2.41. The lowest BCUT2D eigenvalue weighted by atomic mass is 10.2. The van der Waals surface area contributed by atoms with Gasteiger partial charge in [-0.15, -0.1) is 0 Å². The number of thiazole rings is 1. The Bertz CT molecular complexity index is 565. The van der Waals surface area contributed by atoms with Crippen LogP contribution in [-0.4, -0.2) is 63.7 Å². The van der Waals surface area contributed by atoms with Crippen LogP contribution in [0.1, 0.15) is 13.8 Å². The first-order valence-electron chi connectivity index (χ1n) is 6.83. The lowest BCUT2D eigenvalue weighted by Gasteiger charge is -2.36. The molecule has 1 fully saturated rings. The minimum absolute atomic E-state index is 0.0953. The summed E-state index contributed by atoms with van der Waals surface area (Å²) in [5.41, 5.74) is 0. The van der Waals surface area contributed by atoms with Crippen molar-refractivity contribution in [2.45, 2.75) is 30.3 Å². The summed E-state index contributed by atoms with van der Waals surface area (Å²) in [6.45, 7) is 7.64. The van der Waals surface area contributed by atoms with E-state index in [0.29, 0.717) is 5.13 Å². The smallest absolute Gasteiger partial charge is 0.249 e. The van der Waals surface area contributed by atoms with Crippen LogP contribution in [-0.2, 0) is 14.8 Å². The predicted octanol–water partition coefficient (Wildman–Crippen LogP) is 0.336. The second-order valence-electron chi connectivity index (χ2n) is 5.45. The van der Waals surface area contributed by atoms with Gasteiger partial charge in [-0.05, 0) is 13.8 Å². The minimum atomic E-state index is -3.66. The van der Waals surface area contributed by atoms with Gasteiger partial charge in [0.25, 0.3) is 0 Å². The molecule has 0 aliphatic carbocycles. The van der Waals surface area contributed by atoms with Gasteiger partial charge in [0.2, 0.25) is 10.0 Å². The van der Waals surface area contributed by atoms with E-state index in [0.717, 1.165) is 37.5 Å². The first-order chi connectivity index (χ1) is 9.75. The number of morpholine rings is 1. The lowest BCUT2D eigenvalue weighted by molar-refractivity contribution is -0.0670. The summed E-state index contributed by atoms with van der Waals surface area (Å²) in [5.74, 6) is 0. The van der Waals surface area contributed by atoms with Crippen LogP contribution >= 0.6 is 11.3 Å². The molecule has 0 bridgehead atoms. The quantitative estimate of drug-likeness (QED) is 0.835. The maximum Gasteiger partial charge on any atom is 0.249 e. The van der Waals surface area contributed by atoms with E-state index in [-0.39, 0.29) is 16.4 Å². The van der Waals surface area contributed by atoms with Crippen LogP contribution in [0.3, 0.4) is 0 Å². The Kier molecular flexibility index (Phi) is 5.20. The zero-order valence-corrected chi connectivity index (χ0v) is 14.2. The molecule has 0 amide bonds. The molecule has 0 saturated carbocycles. The van der Waals surface area contributed by atoms with E-state index < -0.39 is 10.0 Å². The molecule has 21 heavy (non-hydrogen) atoms. The van der Waals surface area contributed by atoms with Crippen molar-refractivity contribution in [1.29, 1.82) is 0 Å². The second kappa shape index (κ2) is 6.57. The molecule has 7 nitrogen and oxygen atoms in total. The summed E-state index contributed by atoms with van der Waals surface area (Å²) in [6, 6.07) is 0. The summed E-state index contributed by atoms with van der Waals surface area (Å²) >= 11 is 1.09. The number of hydrogen-bond acceptors (Lipinski definition) is 7. The number of anilines is 1. The van der Waals surface area contributed by atoms with E-state index in [9.17, 15) is 8.42 Å². The first-order valence-corrected chi connectivity index (χ1v) is 9.19. The molecule has 2 rings (SSSR count). The van der Waals surface area contributed by atoms with E-state index in [1.807, 2.05) is 11.9 Å². The Morgan fingerprint density at radius 2 is 2.10 bits per heavy atom. The normalized spacial score (nSPS) is 24.2. The molecule has 1 aliphatic rings. The highest BCUT2D eigenvalue weighted by atomic mass is 32.2. The Morgan fingerprint density at radius 1 is 1.48 bits per heavy atom. The van der Waals surface area contributed by atoms with Gasteiger partial charge in [0.15, 0.2) is 9.34 Å². The van der Waals surface area contributed by atoms with Crippen molar-refractivity contribution in [3.8, 4) is 0 Å². The zero-order chi connectivity index (χ0) is 15.6. The predicted molar refractivity (Wildman–Crippen MR) is 83.2 cm³/mol. The third-order valence-corrected chi connectivity index (χ3v) is 5.85. The Hall–Kier alpha value is -0.740. The van der Waals surface area contributed by atoms with Gasteiger partial charge < -0.3 is 9.64 Å². The topological polar surface area (TPSA) is 88.8 Å². The highest BCUT2D eigenvalue weighted by molar-refractivity contribution is 7.91. The second-order valence-corrected chi connectivity index (χ2v) is 8.24. The van der Waals surface area contributed by atoms with Crippen LogP contribution in [0.5, 0.6) is 0 Å². The van der Waals surface area contributed by atoms with Gasteiger partial charge in [-0.3, -0.25) is 4.90 Å². The van der Waals surface area contributed by atoms with E-state index in [2.05, 4.69) is 23.7 Å². The molecule has 1 saturated heterocycles. The molecule has 0 unspecified atom stereocenters. The molecule has 1 aliphatic heterocycles. The Morgan fingerprint density at radius 3 is 2.62 bits per heavy atom. The summed E-state index contributed by atoms with van der Waals surface area (Å²) < 4.78 is 28.3. The van der Waals surface area contributed by atoms with Gasteiger partial charge in [0.05, 0.1) is 18.4 Å². The van der Waals surface area contributed by atoms with E-state index in [1.54, 1.807) is 0 Å². The maximum atomic E-state index is 11.3. The fraction of sp³-hybridized carbons (Fsp3) is 0.750. The van der Waals surface area contributed by atoms with E-state index in [4.69, 9.17) is 9.88 Å². The van der Waals surface area contributed by atoms with Crippen molar-refractivity contribution < 1.29 is 13.2 Å². The first kappa shape index (κ1) is 16.6. The largest absolute Gasteiger partial charge is 0.373 e. The number of sulfonamides is 1. The average Bonchev–Trinajstić information content (AvgIpc) is 2.84. The molecule has 1 aromatic heterocycles. The van der Waals surface area contributed by atoms with Crippen LogP contribution < -0.4 is 10.0 Å². The molecule has 0 spiro atoms. The number of nitrogens with two attached hydrogens (primary N) is 1. The number of aromatic nitrogens is 1. The monoisotopic (exact) mass is 334 g/mol. The van der Waals surface area contributed by atoms with Crippen molar-refractivity contribution in [2.24, 2.45) is 5.14 Å². The van der Waals surface area contributed by atoms with Crippen LogP contribution in [0.4, 0.5) is 5.13 Å². The van der Waals surface area contributed by atoms with Gasteiger partial charge in [0.1, 0.15) is 0 Å². The molecule has 2 N–H and O–H groups in total. The van der Waals surface area contributed by atoms with Crippen LogP contribution in [0, 0.1) is 0 Å². The Balaban J connectivity index is 1.90. The number of hydrogen-bond donors (Lipinski definition) is 1. The molecule has 9 heteroatoms. The summed E-state index contributed by atoms with van der Waals surface area (Å²) in [7, 11) is -1.76. The van der Waals surface area contributed by atoms with Crippen LogP contribution in [0.15, 0.2) is 10.4 Å². The summed E-state index contributed by atoms with van der Waals surface area (Å²) in [6.07, 6.45) is 1.80. The number of rotatable bonds is 5.